The minimum absolute atomic E-state index is 0.0833. The van der Waals surface area contributed by atoms with Gasteiger partial charge in [0, 0.05) is 6.92 Å². The molecule has 0 aromatic heterocycles. The molecule has 0 spiro atoms. The summed E-state index contributed by atoms with van der Waals surface area (Å²) in [7, 11) is 0. The molecular weight excluding hydrogens is 144 g/mol. The van der Waals surface area contributed by atoms with Crippen LogP contribution >= 0.6 is 11.6 Å². The maximum Gasteiger partial charge on any atom is 0.232 e. The molecular formula is C4H9ClN2O2. The van der Waals surface area contributed by atoms with Gasteiger partial charge in [-0.1, -0.05) is 0 Å². The number of rotatable bonds is 1. The second-order valence-electron chi connectivity index (χ2n) is 1.21. The molecule has 0 aliphatic carbocycles. The first kappa shape index (κ1) is 11.1. The summed E-state index contributed by atoms with van der Waals surface area (Å²) >= 11 is 4.86. The van der Waals surface area contributed by atoms with Gasteiger partial charge in [-0.3, -0.25) is 9.59 Å². The number of amides is 2. The molecule has 0 aromatic rings. The normalized spacial score (nSPS) is 6.89. The first-order valence-electron chi connectivity index (χ1n) is 2.11. The highest BCUT2D eigenvalue weighted by atomic mass is 35.5. The Hall–Kier alpha value is -0.770. The minimum atomic E-state index is -0.480. The van der Waals surface area contributed by atoms with Crippen molar-refractivity contribution < 1.29 is 9.59 Å². The number of hydrogen-bond donors (Lipinski definition) is 2. The van der Waals surface area contributed by atoms with E-state index >= 15 is 0 Å². The second-order valence-corrected chi connectivity index (χ2v) is 1.48. The zero-order valence-corrected chi connectivity index (χ0v) is 5.81. The molecule has 0 saturated carbocycles. The lowest BCUT2D eigenvalue weighted by atomic mass is 10.8. The van der Waals surface area contributed by atoms with Gasteiger partial charge in [-0.05, 0) is 0 Å². The Labute approximate surface area is 58.1 Å². The lowest BCUT2D eigenvalue weighted by molar-refractivity contribution is -0.116. The quantitative estimate of drug-likeness (QED) is 0.482. The van der Waals surface area contributed by atoms with Crippen LogP contribution in [-0.4, -0.2) is 17.7 Å². The van der Waals surface area contributed by atoms with Crippen LogP contribution in [0.1, 0.15) is 6.92 Å². The van der Waals surface area contributed by atoms with E-state index in [4.69, 9.17) is 11.6 Å². The van der Waals surface area contributed by atoms with Gasteiger partial charge in [-0.15, -0.1) is 11.6 Å². The molecule has 4 nitrogen and oxygen atoms in total. The molecule has 0 radical (unpaired) electrons. The Morgan fingerprint density at radius 1 is 1.44 bits per heavy atom. The molecule has 9 heavy (non-hydrogen) atoms. The number of alkyl halides is 1. The predicted molar refractivity (Wildman–Crippen MR) is 34.8 cm³/mol. The largest absolute Gasteiger partial charge is 0.370 e. The number of nitrogens with two attached hydrogens (primary N) is 2. The van der Waals surface area contributed by atoms with Crippen molar-refractivity contribution in [2.24, 2.45) is 11.5 Å². The van der Waals surface area contributed by atoms with Crippen molar-refractivity contribution in [3.63, 3.8) is 0 Å². The number of primary amides is 2. The molecule has 0 atom stereocenters. The maximum atomic E-state index is 9.46. The molecule has 54 valence electrons. The van der Waals surface area contributed by atoms with Gasteiger partial charge < -0.3 is 11.5 Å². The van der Waals surface area contributed by atoms with Crippen LogP contribution in [0.2, 0.25) is 0 Å². The fourth-order valence-corrected chi connectivity index (χ4v) is 0. The van der Waals surface area contributed by atoms with Crippen molar-refractivity contribution >= 4 is 23.4 Å². The average molecular weight is 153 g/mol. The third-order valence-corrected chi connectivity index (χ3v) is 0.395. The zero-order chi connectivity index (χ0) is 7.86. The van der Waals surface area contributed by atoms with Crippen molar-refractivity contribution in [1.29, 1.82) is 0 Å². The highest BCUT2D eigenvalue weighted by molar-refractivity contribution is 6.27. The van der Waals surface area contributed by atoms with Crippen LogP contribution in [0.15, 0.2) is 0 Å². The van der Waals surface area contributed by atoms with E-state index < -0.39 is 5.91 Å². The lowest BCUT2D eigenvalue weighted by Crippen LogP contribution is -2.10. The highest BCUT2D eigenvalue weighted by Gasteiger charge is 1.79. The van der Waals surface area contributed by atoms with E-state index in [0.717, 1.165) is 0 Å². The molecule has 0 rings (SSSR count). The minimum Gasteiger partial charge on any atom is -0.370 e. The van der Waals surface area contributed by atoms with E-state index in [1.165, 1.54) is 6.92 Å². The van der Waals surface area contributed by atoms with Gasteiger partial charge in [0.2, 0.25) is 11.8 Å². The molecule has 0 saturated heterocycles. The topological polar surface area (TPSA) is 86.2 Å². The highest BCUT2D eigenvalue weighted by Crippen LogP contribution is 1.64. The first-order valence-corrected chi connectivity index (χ1v) is 2.64. The average Bonchev–Trinajstić information content (AvgIpc) is 1.65. The van der Waals surface area contributed by atoms with Gasteiger partial charge in [0.25, 0.3) is 0 Å². The Morgan fingerprint density at radius 3 is 1.56 bits per heavy atom. The summed E-state index contributed by atoms with van der Waals surface area (Å²) in [5.41, 5.74) is 8.99. The van der Waals surface area contributed by atoms with E-state index in [1.807, 2.05) is 0 Å². The van der Waals surface area contributed by atoms with E-state index in [2.05, 4.69) is 11.5 Å². The molecule has 2 amide bonds. The Bertz CT molecular complexity index is 101. The standard InChI is InChI=1S/C2H4ClNO.C2H5NO/c3-1-2(4)5;1-2(3)4/h1H2,(H2,4,5);1H3,(H2,3,4). The number of hydrogen-bond acceptors (Lipinski definition) is 2. The maximum absolute atomic E-state index is 9.46. The van der Waals surface area contributed by atoms with Gasteiger partial charge in [0.05, 0.1) is 0 Å². The second kappa shape index (κ2) is 7.23. The van der Waals surface area contributed by atoms with Gasteiger partial charge in [0.1, 0.15) is 5.88 Å². The van der Waals surface area contributed by atoms with Crippen LogP contribution in [0.25, 0.3) is 0 Å². The molecule has 0 aromatic carbocycles. The van der Waals surface area contributed by atoms with E-state index in [1.54, 1.807) is 0 Å². The van der Waals surface area contributed by atoms with Crippen LogP contribution in [0.4, 0.5) is 0 Å². The number of carbonyl (C=O) groups is 2. The summed E-state index contributed by atoms with van der Waals surface area (Å²) in [6.07, 6.45) is 0. The van der Waals surface area contributed by atoms with E-state index in [9.17, 15) is 9.59 Å². The van der Waals surface area contributed by atoms with Crippen molar-refractivity contribution in [1.82, 2.24) is 0 Å². The molecule has 0 fully saturated rings. The van der Waals surface area contributed by atoms with Crippen LogP contribution in [0, 0.1) is 0 Å². The molecule has 0 bridgehead atoms. The molecule has 0 heterocycles. The van der Waals surface area contributed by atoms with Gasteiger partial charge in [-0.2, -0.15) is 0 Å². The molecule has 5 heteroatoms. The van der Waals surface area contributed by atoms with E-state index in [0.29, 0.717) is 0 Å². The fraction of sp³-hybridized carbons (Fsp3) is 0.500. The number of halogens is 1. The van der Waals surface area contributed by atoms with Crippen molar-refractivity contribution in [3.8, 4) is 0 Å². The van der Waals surface area contributed by atoms with Crippen LogP contribution in [0.5, 0.6) is 0 Å². The summed E-state index contributed by atoms with van der Waals surface area (Å²) in [5.74, 6) is -0.897. The van der Waals surface area contributed by atoms with Crippen LogP contribution in [-0.2, 0) is 9.59 Å². The fourth-order valence-electron chi connectivity index (χ4n) is 0. The molecule has 0 aliphatic rings. The lowest BCUT2D eigenvalue weighted by Gasteiger charge is -1.71. The smallest absolute Gasteiger partial charge is 0.232 e. The summed E-state index contributed by atoms with van der Waals surface area (Å²) < 4.78 is 0. The van der Waals surface area contributed by atoms with Gasteiger partial charge >= 0.3 is 0 Å². The zero-order valence-electron chi connectivity index (χ0n) is 5.06. The SMILES string of the molecule is CC(N)=O.NC(=O)CCl. The number of carbonyl (C=O) groups excluding carboxylic acids is 2. The Morgan fingerprint density at radius 2 is 1.56 bits per heavy atom. The van der Waals surface area contributed by atoms with Crippen LogP contribution < -0.4 is 11.5 Å². The first-order chi connectivity index (χ1) is 4.00. The molecule has 4 N–H and O–H groups in total. The van der Waals surface area contributed by atoms with Crippen molar-refractivity contribution in [2.45, 2.75) is 6.92 Å². The summed E-state index contributed by atoms with van der Waals surface area (Å²) in [6.45, 7) is 1.31. The van der Waals surface area contributed by atoms with Gasteiger partial charge in [0.15, 0.2) is 0 Å². The van der Waals surface area contributed by atoms with Crippen LogP contribution in [0.3, 0.4) is 0 Å². The molecule has 0 unspecified atom stereocenters. The molecule has 0 aliphatic heterocycles. The third kappa shape index (κ3) is 131. The summed E-state index contributed by atoms with van der Waals surface area (Å²) in [4.78, 5) is 18.7. The summed E-state index contributed by atoms with van der Waals surface area (Å²) in [6, 6.07) is 0. The van der Waals surface area contributed by atoms with Gasteiger partial charge in [-0.25, -0.2) is 0 Å². The van der Waals surface area contributed by atoms with E-state index in [-0.39, 0.29) is 11.8 Å². The Kier molecular flexibility index (Phi) is 8.90. The Balaban J connectivity index is 0. The predicted octanol–water partition coefficient (Wildman–Crippen LogP) is -0.798. The summed E-state index contributed by atoms with van der Waals surface area (Å²) in [5, 5.41) is 0. The van der Waals surface area contributed by atoms with Crippen molar-refractivity contribution in [3.05, 3.63) is 0 Å². The monoisotopic (exact) mass is 152 g/mol. The van der Waals surface area contributed by atoms with Crippen molar-refractivity contribution in [2.75, 3.05) is 5.88 Å². The third-order valence-electron chi connectivity index (χ3n) is 0.132.